The summed E-state index contributed by atoms with van der Waals surface area (Å²) in [4.78, 5) is 6.37. The quantitative estimate of drug-likeness (QED) is 0.591. The predicted octanol–water partition coefficient (Wildman–Crippen LogP) is 1.02. The first-order valence-electron chi connectivity index (χ1n) is 3.99. The molecule has 3 heteroatoms. The molecule has 1 rings (SSSR count). The number of amidine groups is 1. The van der Waals surface area contributed by atoms with Crippen LogP contribution in [0.2, 0.25) is 0 Å². The van der Waals surface area contributed by atoms with Crippen molar-refractivity contribution in [2.45, 2.75) is 26.3 Å². The summed E-state index contributed by atoms with van der Waals surface area (Å²) >= 11 is 0. The summed E-state index contributed by atoms with van der Waals surface area (Å²) in [6.07, 6.45) is 0.937. The van der Waals surface area contributed by atoms with Crippen molar-refractivity contribution in [3.05, 3.63) is 0 Å². The number of rotatable bonds is 2. The fourth-order valence-electron chi connectivity index (χ4n) is 1.31. The zero-order valence-corrected chi connectivity index (χ0v) is 7.04. The van der Waals surface area contributed by atoms with Gasteiger partial charge >= 0.3 is 0 Å². The SMILES string of the molecule is CCC1=NCCN1C(C)C#N. The highest BCUT2D eigenvalue weighted by atomic mass is 15.3. The molecule has 0 amide bonds. The van der Waals surface area contributed by atoms with Gasteiger partial charge in [0.25, 0.3) is 0 Å². The van der Waals surface area contributed by atoms with Gasteiger partial charge in [0.15, 0.2) is 0 Å². The molecular weight excluding hydrogens is 138 g/mol. The van der Waals surface area contributed by atoms with Crippen LogP contribution in [0, 0.1) is 11.3 Å². The molecule has 11 heavy (non-hydrogen) atoms. The Hall–Kier alpha value is -1.04. The highest BCUT2D eigenvalue weighted by Gasteiger charge is 2.19. The van der Waals surface area contributed by atoms with Crippen molar-refractivity contribution >= 4 is 5.84 Å². The average Bonchev–Trinajstić information content (AvgIpc) is 2.50. The Labute approximate surface area is 67.3 Å². The standard InChI is InChI=1S/C8H13N3/c1-3-8-10-4-5-11(8)7(2)6-9/h7H,3-5H2,1-2H3. The molecule has 1 aliphatic rings. The van der Waals surface area contributed by atoms with Gasteiger partial charge in [0, 0.05) is 13.0 Å². The van der Waals surface area contributed by atoms with Crippen LogP contribution in [0.5, 0.6) is 0 Å². The molecule has 60 valence electrons. The average molecular weight is 151 g/mol. The van der Waals surface area contributed by atoms with Crippen LogP contribution in [0.4, 0.5) is 0 Å². The molecule has 0 aromatic rings. The molecule has 1 heterocycles. The maximum absolute atomic E-state index is 8.66. The van der Waals surface area contributed by atoms with Crippen molar-refractivity contribution in [2.24, 2.45) is 4.99 Å². The van der Waals surface area contributed by atoms with Gasteiger partial charge in [0.1, 0.15) is 6.04 Å². The van der Waals surface area contributed by atoms with Gasteiger partial charge in [-0.1, -0.05) is 6.92 Å². The monoisotopic (exact) mass is 151 g/mol. The van der Waals surface area contributed by atoms with E-state index in [1.165, 1.54) is 0 Å². The van der Waals surface area contributed by atoms with E-state index in [2.05, 4.69) is 22.9 Å². The predicted molar refractivity (Wildman–Crippen MR) is 44.4 cm³/mol. The molecule has 0 spiro atoms. The second-order valence-corrected chi connectivity index (χ2v) is 2.65. The molecule has 0 saturated carbocycles. The summed E-state index contributed by atoms with van der Waals surface area (Å²) in [5, 5.41) is 8.66. The van der Waals surface area contributed by atoms with Gasteiger partial charge in [-0.05, 0) is 6.92 Å². The lowest BCUT2D eigenvalue weighted by Gasteiger charge is -2.21. The number of nitrogens with zero attached hydrogens (tertiary/aromatic N) is 3. The van der Waals surface area contributed by atoms with Crippen LogP contribution in [0.15, 0.2) is 4.99 Å². The first-order chi connectivity index (χ1) is 5.29. The van der Waals surface area contributed by atoms with E-state index in [9.17, 15) is 0 Å². The third-order valence-corrected chi connectivity index (χ3v) is 1.94. The number of hydrogen-bond acceptors (Lipinski definition) is 3. The Morgan fingerprint density at radius 2 is 2.55 bits per heavy atom. The minimum atomic E-state index is -0.0174. The maximum Gasteiger partial charge on any atom is 0.115 e. The summed E-state index contributed by atoms with van der Waals surface area (Å²) in [5.74, 6) is 1.08. The van der Waals surface area contributed by atoms with Crippen molar-refractivity contribution < 1.29 is 0 Å². The zero-order chi connectivity index (χ0) is 8.27. The van der Waals surface area contributed by atoms with Crippen molar-refractivity contribution in [3.8, 4) is 6.07 Å². The summed E-state index contributed by atoms with van der Waals surface area (Å²) in [5.41, 5.74) is 0. The summed E-state index contributed by atoms with van der Waals surface area (Å²) < 4.78 is 0. The van der Waals surface area contributed by atoms with E-state index in [0.717, 1.165) is 25.3 Å². The van der Waals surface area contributed by atoms with E-state index in [0.29, 0.717) is 0 Å². The Bertz CT molecular complexity index is 202. The van der Waals surface area contributed by atoms with Gasteiger partial charge in [-0.2, -0.15) is 5.26 Å². The Balaban J connectivity index is 2.61. The van der Waals surface area contributed by atoms with Gasteiger partial charge in [0.05, 0.1) is 18.4 Å². The second-order valence-electron chi connectivity index (χ2n) is 2.65. The molecular formula is C8H13N3. The Morgan fingerprint density at radius 3 is 3.09 bits per heavy atom. The lowest BCUT2D eigenvalue weighted by atomic mass is 10.3. The maximum atomic E-state index is 8.66. The van der Waals surface area contributed by atoms with E-state index in [4.69, 9.17) is 5.26 Å². The van der Waals surface area contributed by atoms with E-state index in [1.54, 1.807) is 0 Å². The van der Waals surface area contributed by atoms with Crippen molar-refractivity contribution in [1.82, 2.24) is 4.90 Å². The molecule has 1 atom stereocenters. The zero-order valence-electron chi connectivity index (χ0n) is 7.04. The van der Waals surface area contributed by atoms with E-state index >= 15 is 0 Å². The fraction of sp³-hybridized carbons (Fsp3) is 0.750. The first-order valence-corrected chi connectivity index (χ1v) is 3.99. The Morgan fingerprint density at radius 1 is 1.82 bits per heavy atom. The second kappa shape index (κ2) is 3.38. The van der Waals surface area contributed by atoms with Gasteiger partial charge in [0.2, 0.25) is 0 Å². The molecule has 0 aromatic heterocycles. The number of nitriles is 1. The lowest BCUT2D eigenvalue weighted by Crippen LogP contribution is -2.34. The molecule has 1 unspecified atom stereocenters. The largest absolute Gasteiger partial charge is 0.343 e. The normalized spacial score (nSPS) is 19.4. The molecule has 0 N–H and O–H groups in total. The van der Waals surface area contributed by atoms with Crippen molar-refractivity contribution in [2.75, 3.05) is 13.1 Å². The molecule has 0 fully saturated rings. The lowest BCUT2D eigenvalue weighted by molar-refractivity contribution is 0.412. The van der Waals surface area contributed by atoms with Gasteiger partial charge in [-0.3, -0.25) is 4.99 Å². The first kappa shape index (κ1) is 8.06. The van der Waals surface area contributed by atoms with Crippen LogP contribution < -0.4 is 0 Å². The van der Waals surface area contributed by atoms with Crippen molar-refractivity contribution in [1.29, 1.82) is 5.26 Å². The van der Waals surface area contributed by atoms with E-state index in [1.807, 2.05) is 6.92 Å². The summed E-state index contributed by atoms with van der Waals surface area (Å²) in [6.45, 7) is 5.75. The van der Waals surface area contributed by atoms with Gasteiger partial charge < -0.3 is 4.90 Å². The van der Waals surface area contributed by atoms with Gasteiger partial charge in [-0.25, -0.2) is 0 Å². The molecule has 0 aromatic carbocycles. The van der Waals surface area contributed by atoms with Crippen LogP contribution in [0.25, 0.3) is 0 Å². The molecule has 0 saturated heterocycles. The van der Waals surface area contributed by atoms with Crippen LogP contribution in [-0.4, -0.2) is 29.9 Å². The van der Waals surface area contributed by atoms with Gasteiger partial charge in [-0.15, -0.1) is 0 Å². The minimum Gasteiger partial charge on any atom is -0.343 e. The third-order valence-electron chi connectivity index (χ3n) is 1.94. The van der Waals surface area contributed by atoms with E-state index < -0.39 is 0 Å². The molecule has 0 bridgehead atoms. The van der Waals surface area contributed by atoms with Crippen LogP contribution >= 0.6 is 0 Å². The molecule has 0 aliphatic carbocycles. The molecule has 3 nitrogen and oxygen atoms in total. The highest BCUT2D eigenvalue weighted by molar-refractivity contribution is 5.84. The number of aliphatic imine (C=N–C) groups is 1. The number of hydrogen-bond donors (Lipinski definition) is 0. The minimum absolute atomic E-state index is 0.0174. The van der Waals surface area contributed by atoms with E-state index in [-0.39, 0.29) is 6.04 Å². The third kappa shape index (κ3) is 1.51. The Kier molecular flexibility index (Phi) is 2.48. The summed E-state index contributed by atoms with van der Waals surface area (Å²) in [6, 6.07) is 2.20. The molecule has 0 radical (unpaired) electrons. The topological polar surface area (TPSA) is 39.4 Å². The van der Waals surface area contributed by atoms with Crippen LogP contribution in [-0.2, 0) is 0 Å². The van der Waals surface area contributed by atoms with Crippen LogP contribution in [0.1, 0.15) is 20.3 Å². The summed E-state index contributed by atoms with van der Waals surface area (Å²) in [7, 11) is 0. The fourth-order valence-corrected chi connectivity index (χ4v) is 1.31. The van der Waals surface area contributed by atoms with Crippen LogP contribution in [0.3, 0.4) is 0 Å². The molecule has 1 aliphatic heterocycles. The van der Waals surface area contributed by atoms with Crippen molar-refractivity contribution in [3.63, 3.8) is 0 Å². The smallest absolute Gasteiger partial charge is 0.115 e. The highest BCUT2D eigenvalue weighted by Crippen LogP contribution is 2.08.